The standard InChI is InChI=1S/C14H13F3N4O3S/c1-21-12(14(15,16)17)19-20-13(21)25-7-10(22)18-9-5-3-4-8(6-9)11(23)24-2/h3-6H,7H2,1-2H3,(H,18,22). The van der Waals surface area contributed by atoms with E-state index >= 15 is 0 Å². The lowest BCUT2D eigenvalue weighted by Crippen LogP contribution is -2.16. The van der Waals surface area contributed by atoms with Crippen LogP contribution in [0.25, 0.3) is 0 Å². The Morgan fingerprint density at radius 2 is 2.04 bits per heavy atom. The molecule has 25 heavy (non-hydrogen) atoms. The summed E-state index contributed by atoms with van der Waals surface area (Å²) in [7, 11) is 2.41. The van der Waals surface area contributed by atoms with Crippen LogP contribution < -0.4 is 5.32 Å². The van der Waals surface area contributed by atoms with Crippen LogP contribution in [0.3, 0.4) is 0 Å². The molecule has 0 saturated carbocycles. The van der Waals surface area contributed by atoms with Crippen LogP contribution in [-0.2, 0) is 22.8 Å². The minimum Gasteiger partial charge on any atom is -0.465 e. The maximum Gasteiger partial charge on any atom is 0.451 e. The Morgan fingerprint density at radius 1 is 1.32 bits per heavy atom. The second-order valence-electron chi connectivity index (χ2n) is 4.77. The summed E-state index contributed by atoms with van der Waals surface area (Å²) in [5.74, 6) is -2.33. The molecule has 11 heteroatoms. The predicted molar refractivity (Wildman–Crippen MR) is 83.1 cm³/mol. The third-order valence-electron chi connectivity index (χ3n) is 2.99. The van der Waals surface area contributed by atoms with Gasteiger partial charge in [0, 0.05) is 12.7 Å². The second kappa shape index (κ2) is 7.55. The van der Waals surface area contributed by atoms with E-state index in [2.05, 4.69) is 20.3 Å². The Labute approximate surface area is 144 Å². The molecule has 0 atom stereocenters. The molecule has 7 nitrogen and oxygen atoms in total. The van der Waals surface area contributed by atoms with Gasteiger partial charge < -0.3 is 14.6 Å². The Balaban J connectivity index is 1.98. The van der Waals surface area contributed by atoms with Crippen LogP contribution in [0.15, 0.2) is 29.4 Å². The summed E-state index contributed by atoms with van der Waals surface area (Å²) in [6, 6.07) is 6.08. The molecule has 1 amide bonds. The van der Waals surface area contributed by atoms with Gasteiger partial charge in [-0.05, 0) is 18.2 Å². The first kappa shape index (κ1) is 18.8. The van der Waals surface area contributed by atoms with Crippen LogP contribution in [0.2, 0.25) is 0 Å². The number of nitrogens with one attached hydrogen (secondary N) is 1. The number of aromatic nitrogens is 3. The van der Waals surface area contributed by atoms with Gasteiger partial charge in [0.05, 0.1) is 18.4 Å². The van der Waals surface area contributed by atoms with Crippen LogP contribution in [0.4, 0.5) is 18.9 Å². The normalized spacial score (nSPS) is 11.2. The molecule has 2 aromatic rings. The number of carbonyl (C=O) groups is 2. The third kappa shape index (κ3) is 4.72. The highest BCUT2D eigenvalue weighted by Crippen LogP contribution is 2.29. The molecule has 0 fully saturated rings. The van der Waals surface area contributed by atoms with Crippen molar-refractivity contribution in [1.29, 1.82) is 0 Å². The third-order valence-corrected chi connectivity index (χ3v) is 4.01. The van der Waals surface area contributed by atoms with Crippen molar-refractivity contribution >= 4 is 29.3 Å². The molecule has 134 valence electrons. The van der Waals surface area contributed by atoms with Crippen LogP contribution >= 0.6 is 11.8 Å². The maximum atomic E-state index is 12.6. The van der Waals surface area contributed by atoms with E-state index in [0.29, 0.717) is 5.69 Å². The van der Waals surface area contributed by atoms with E-state index in [4.69, 9.17) is 0 Å². The number of halogens is 3. The fraction of sp³-hybridized carbons (Fsp3) is 0.286. The number of carbonyl (C=O) groups excluding carboxylic acids is 2. The van der Waals surface area contributed by atoms with E-state index in [1.807, 2.05) is 0 Å². The first-order valence-corrected chi connectivity index (χ1v) is 7.78. The lowest BCUT2D eigenvalue weighted by molar-refractivity contribution is -0.147. The lowest BCUT2D eigenvalue weighted by Gasteiger charge is -2.07. The molecule has 0 spiro atoms. The zero-order valence-electron chi connectivity index (χ0n) is 13.1. The number of esters is 1. The van der Waals surface area contributed by atoms with Gasteiger partial charge in [0.15, 0.2) is 5.16 Å². The van der Waals surface area contributed by atoms with Crippen molar-refractivity contribution in [3.05, 3.63) is 35.7 Å². The van der Waals surface area contributed by atoms with Gasteiger partial charge in [0.2, 0.25) is 11.7 Å². The number of ether oxygens (including phenoxy) is 1. The first-order chi connectivity index (χ1) is 11.7. The zero-order chi connectivity index (χ0) is 18.6. The monoisotopic (exact) mass is 374 g/mol. The van der Waals surface area contributed by atoms with Crippen LogP contribution in [0, 0.1) is 0 Å². The number of thioether (sulfide) groups is 1. The predicted octanol–water partition coefficient (Wildman–Crippen LogP) is 2.35. The molecule has 1 aromatic heterocycles. The summed E-state index contributed by atoms with van der Waals surface area (Å²) in [4.78, 5) is 23.4. The SMILES string of the molecule is COC(=O)c1cccc(NC(=O)CSc2nnc(C(F)(F)F)n2C)c1. The molecule has 2 rings (SSSR count). The molecule has 1 heterocycles. The maximum absolute atomic E-state index is 12.6. The lowest BCUT2D eigenvalue weighted by atomic mass is 10.2. The Hall–Kier alpha value is -2.56. The highest BCUT2D eigenvalue weighted by Gasteiger charge is 2.37. The van der Waals surface area contributed by atoms with Crippen LogP contribution in [0.5, 0.6) is 0 Å². The van der Waals surface area contributed by atoms with Gasteiger partial charge in [-0.1, -0.05) is 17.8 Å². The molecular formula is C14H13F3N4O3S. The van der Waals surface area contributed by atoms with Crippen LogP contribution in [0.1, 0.15) is 16.2 Å². The van der Waals surface area contributed by atoms with Gasteiger partial charge in [-0.15, -0.1) is 10.2 Å². The number of hydrogen-bond donors (Lipinski definition) is 1. The number of hydrogen-bond acceptors (Lipinski definition) is 6. The quantitative estimate of drug-likeness (QED) is 0.639. The van der Waals surface area contributed by atoms with E-state index in [9.17, 15) is 22.8 Å². The minimum absolute atomic E-state index is 0.0363. The summed E-state index contributed by atoms with van der Waals surface area (Å²) in [5, 5.41) is 9.00. The number of benzene rings is 1. The van der Waals surface area contributed by atoms with E-state index in [0.717, 1.165) is 16.3 Å². The van der Waals surface area contributed by atoms with Crippen molar-refractivity contribution < 1.29 is 27.5 Å². The topological polar surface area (TPSA) is 86.1 Å². The van der Waals surface area contributed by atoms with Crippen molar-refractivity contribution in [2.45, 2.75) is 11.3 Å². The largest absolute Gasteiger partial charge is 0.465 e. The number of rotatable bonds is 5. The Kier molecular flexibility index (Phi) is 5.67. The molecule has 0 aliphatic heterocycles. The molecule has 0 aliphatic rings. The number of nitrogens with zero attached hydrogens (tertiary/aromatic N) is 3. The summed E-state index contributed by atoms with van der Waals surface area (Å²) in [5.41, 5.74) is 0.624. The molecular weight excluding hydrogens is 361 g/mol. The zero-order valence-corrected chi connectivity index (χ0v) is 13.9. The number of amides is 1. The first-order valence-electron chi connectivity index (χ1n) is 6.80. The smallest absolute Gasteiger partial charge is 0.451 e. The Bertz CT molecular complexity index is 792. The van der Waals surface area contributed by atoms with Crippen molar-refractivity contribution in [2.75, 3.05) is 18.2 Å². The molecule has 0 bridgehead atoms. The summed E-state index contributed by atoms with van der Waals surface area (Å²) in [6.45, 7) is 0. The summed E-state index contributed by atoms with van der Waals surface area (Å²) >= 11 is 0.812. The molecule has 0 unspecified atom stereocenters. The summed E-state index contributed by atoms with van der Waals surface area (Å²) in [6.07, 6.45) is -4.61. The van der Waals surface area contributed by atoms with E-state index < -0.39 is 23.9 Å². The average molecular weight is 374 g/mol. The number of alkyl halides is 3. The van der Waals surface area contributed by atoms with Crippen molar-refractivity contribution in [3.63, 3.8) is 0 Å². The van der Waals surface area contributed by atoms with Gasteiger partial charge in [0.1, 0.15) is 0 Å². The molecule has 1 N–H and O–H groups in total. The van der Waals surface area contributed by atoms with Crippen molar-refractivity contribution in [3.8, 4) is 0 Å². The fourth-order valence-corrected chi connectivity index (χ4v) is 2.57. The molecule has 0 radical (unpaired) electrons. The van der Waals surface area contributed by atoms with Gasteiger partial charge >= 0.3 is 12.1 Å². The van der Waals surface area contributed by atoms with Crippen molar-refractivity contribution in [2.24, 2.45) is 7.05 Å². The van der Waals surface area contributed by atoms with Crippen LogP contribution in [-0.4, -0.2) is 39.5 Å². The number of anilines is 1. The van der Waals surface area contributed by atoms with Gasteiger partial charge in [-0.2, -0.15) is 13.2 Å². The minimum atomic E-state index is -4.61. The average Bonchev–Trinajstić information content (AvgIpc) is 2.93. The number of methoxy groups -OCH3 is 1. The highest BCUT2D eigenvalue weighted by molar-refractivity contribution is 7.99. The van der Waals surface area contributed by atoms with Gasteiger partial charge in [0.25, 0.3) is 0 Å². The molecule has 1 aromatic carbocycles. The van der Waals surface area contributed by atoms with E-state index in [1.165, 1.54) is 26.3 Å². The van der Waals surface area contributed by atoms with E-state index in [-0.39, 0.29) is 16.5 Å². The van der Waals surface area contributed by atoms with E-state index in [1.54, 1.807) is 12.1 Å². The van der Waals surface area contributed by atoms with Crippen molar-refractivity contribution in [1.82, 2.24) is 14.8 Å². The van der Waals surface area contributed by atoms with Gasteiger partial charge in [-0.25, -0.2) is 4.79 Å². The summed E-state index contributed by atoms with van der Waals surface area (Å²) < 4.78 is 43.2. The molecule has 0 aliphatic carbocycles. The Morgan fingerprint density at radius 3 is 2.64 bits per heavy atom. The van der Waals surface area contributed by atoms with Gasteiger partial charge in [-0.3, -0.25) is 4.79 Å². The molecule has 0 saturated heterocycles. The fourth-order valence-electron chi connectivity index (χ4n) is 1.86. The second-order valence-corrected chi connectivity index (χ2v) is 5.71. The highest BCUT2D eigenvalue weighted by atomic mass is 32.2.